The van der Waals surface area contributed by atoms with Crippen LogP contribution in [0.1, 0.15) is 43.1 Å². The van der Waals surface area contributed by atoms with E-state index in [1.807, 2.05) is 0 Å². The van der Waals surface area contributed by atoms with Crippen LogP contribution in [0.4, 0.5) is 11.6 Å². The number of aromatic carboxylic acids is 1. The molecule has 0 aliphatic heterocycles. The van der Waals surface area contributed by atoms with E-state index in [0.29, 0.717) is 5.69 Å². The lowest BCUT2D eigenvalue weighted by atomic mass is 9.96. The lowest BCUT2D eigenvalue weighted by Crippen LogP contribution is -2.29. The number of nitrogens with zero attached hydrogens (tertiary/aromatic N) is 4. The standard InChI is InChI=1S/C14H19N5O4.C7H5NO4/c1-14(2,3)12(21)19-13-17-9-8(10(20)18-13)15-6-7(16-9)11(22-4)23-5;9-7(10)5-2-1-3-6(4-5)8(11)12/h6,11H,1-5H3,(H2,16,17,18,19,20,21);1-4H,(H,9,10). The summed E-state index contributed by atoms with van der Waals surface area (Å²) in [4.78, 5) is 58.8. The number of carbonyl (C=O) groups is 2. The third kappa shape index (κ3) is 7.09. The second-order valence-electron chi connectivity index (χ2n) is 8.00. The van der Waals surface area contributed by atoms with Crippen molar-refractivity contribution < 1.29 is 29.1 Å². The first-order chi connectivity index (χ1) is 16.4. The first-order valence-corrected chi connectivity index (χ1v) is 9.99. The largest absolute Gasteiger partial charge is 0.478 e. The van der Waals surface area contributed by atoms with Gasteiger partial charge in [0, 0.05) is 31.8 Å². The van der Waals surface area contributed by atoms with E-state index in [4.69, 9.17) is 14.6 Å². The Hall–Kier alpha value is -4.30. The summed E-state index contributed by atoms with van der Waals surface area (Å²) < 4.78 is 10.2. The Labute approximate surface area is 198 Å². The fourth-order valence-electron chi connectivity index (χ4n) is 2.49. The number of nitro groups is 1. The number of hydrogen-bond acceptors (Lipinski definition) is 10. The molecule has 0 saturated heterocycles. The number of hydrogen-bond donors (Lipinski definition) is 3. The molecule has 2 aromatic heterocycles. The molecule has 3 aromatic rings. The van der Waals surface area contributed by atoms with Crippen LogP contribution in [0.2, 0.25) is 0 Å². The molecule has 0 aliphatic rings. The number of carbonyl (C=O) groups excluding carboxylic acids is 1. The molecule has 0 radical (unpaired) electrons. The van der Waals surface area contributed by atoms with Gasteiger partial charge < -0.3 is 14.6 Å². The van der Waals surface area contributed by atoms with Gasteiger partial charge in [-0.05, 0) is 6.07 Å². The van der Waals surface area contributed by atoms with Crippen molar-refractivity contribution in [3.8, 4) is 0 Å². The van der Waals surface area contributed by atoms with Gasteiger partial charge in [-0.15, -0.1) is 0 Å². The summed E-state index contributed by atoms with van der Waals surface area (Å²) in [6, 6.07) is 4.89. The number of nitro benzene ring substituents is 1. The predicted octanol–water partition coefficient (Wildman–Crippen LogP) is 2.28. The lowest BCUT2D eigenvalue weighted by Gasteiger charge is -2.17. The number of H-pyrrole nitrogens is 1. The van der Waals surface area contributed by atoms with Crippen LogP contribution in [0.15, 0.2) is 35.3 Å². The first kappa shape index (κ1) is 26.9. The number of amides is 1. The Bertz CT molecular complexity index is 1270. The Morgan fingerprint density at radius 3 is 2.40 bits per heavy atom. The molecule has 35 heavy (non-hydrogen) atoms. The molecule has 0 bridgehead atoms. The number of anilines is 1. The Kier molecular flexibility index (Phi) is 8.64. The number of aromatic amines is 1. The van der Waals surface area contributed by atoms with Crippen LogP contribution in [0.5, 0.6) is 0 Å². The number of aromatic nitrogens is 4. The maximum atomic E-state index is 12.0. The molecule has 0 fully saturated rings. The van der Waals surface area contributed by atoms with E-state index in [1.54, 1.807) is 20.8 Å². The van der Waals surface area contributed by atoms with Crippen LogP contribution >= 0.6 is 0 Å². The van der Waals surface area contributed by atoms with E-state index in [9.17, 15) is 24.5 Å². The lowest BCUT2D eigenvalue weighted by molar-refractivity contribution is -0.384. The third-order valence-corrected chi connectivity index (χ3v) is 4.32. The van der Waals surface area contributed by atoms with Gasteiger partial charge in [0.2, 0.25) is 18.1 Å². The van der Waals surface area contributed by atoms with Crippen molar-refractivity contribution in [2.45, 2.75) is 27.1 Å². The van der Waals surface area contributed by atoms with Crippen molar-refractivity contribution in [2.24, 2.45) is 5.41 Å². The highest BCUT2D eigenvalue weighted by Crippen LogP contribution is 2.17. The van der Waals surface area contributed by atoms with E-state index in [0.717, 1.165) is 6.07 Å². The van der Waals surface area contributed by atoms with Crippen LogP contribution in [-0.4, -0.2) is 56.1 Å². The summed E-state index contributed by atoms with van der Waals surface area (Å²) >= 11 is 0. The third-order valence-electron chi connectivity index (χ3n) is 4.32. The molecule has 3 rings (SSSR count). The number of rotatable bonds is 6. The molecule has 0 unspecified atom stereocenters. The second-order valence-corrected chi connectivity index (χ2v) is 8.00. The van der Waals surface area contributed by atoms with E-state index in [1.165, 1.54) is 38.6 Å². The van der Waals surface area contributed by atoms with Gasteiger partial charge in [0.15, 0.2) is 11.2 Å². The predicted molar refractivity (Wildman–Crippen MR) is 123 cm³/mol. The molecule has 1 aromatic carbocycles. The zero-order chi connectivity index (χ0) is 26.3. The normalized spacial score (nSPS) is 11.0. The fraction of sp³-hybridized carbons (Fsp3) is 0.333. The second kappa shape index (κ2) is 11.2. The van der Waals surface area contributed by atoms with Crippen molar-refractivity contribution in [2.75, 3.05) is 19.5 Å². The number of methoxy groups -OCH3 is 2. The number of fused-ring (bicyclic) bond motifs is 1. The smallest absolute Gasteiger partial charge is 0.335 e. The Balaban J connectivity index is 0.000000303. The van der Waals surface area contributed by atoms with Crippen molar-refractivity contribution in [3.05, 3.63) is 62.2 Å². The van der Waals surface area contributed by atoms with Gasteiger partial charge in [-0.2, -0.15) is 4.98 Å². The minimum Gasteiger partial charge on any atom is -0.478 e. The van der Waals surface area contributed by atoms with E-state index in [2.05, 4.69) is 25.3 Å². The number of carboxylic acids is 1. The van der Waals surface area contributed by atoms with Crippen molar-refractivity contribution in [3.63, 3.8) is 0 Å². The Morgan fingerprint density at radius 1 is 1.20 bits per heavy atom. The molecule has 14 nitrogen and oxygen atoms in total. The van der Waals surface area contributed by atoms with Crippen LogP contribution in [0.3, 0.4) is 0 Å². The minimum absolute atomic E-state index is 0.0141. The molecule has 0 saturated carbocycles. The topological polar surface area (TPSA) is 200 Å². The average Bonchev–Trinajstić information content (AvgIpc) is 2.79. The van der Waals surface area contributed by atoms with Crippen LogP contribution in [-0.2, 0) is 14.3 Å². The zero-order valence-corrected chi connectivity index (χ0v) is 19.6. The summed E-state index contributed by atoms with van der Waals surface area (Å²) in [6.07, 6.45) is 0.658. The average molecular weight is 488 g/mol. The van der Waals surface area contributed by atoms with Crippen LogP contribution in [0.25, 0.3) is 11.2 Å². The quantitative estimate of drug-likeness (QED) is 0.261. The van der Waals surface area contributed by atoms with Gasteiger partial charge in [-0.1, -0.05) is 26.8 Å². The molecule has 186 valence electrons. The molecule has 0 atom stereocenters. The molecule has 3 N–H and O–H groups in total. The molecule has 14 heteroatoms. The monoisotopic (exact) mass is 488 g/mol. The number of ether oxygens (including phenoxy) is 2. The van der Waals surface area contributed by atoms with Gasteiger partial charge >= 0.3 is 5.97 Å². The molecule has 0 spiro atoms. The molecule has 1 amide bonds. The van der Waals surface area contributed by atoms with Crippen molar-refractivity contribution in [1.29, 1.82) is 0 Å². The van der Waals surface area contributed by atoms with E-state index >= 15 is 0 Å². The van der Waals surface area contributed by atoms with Gasteiger partial charge in [0.25, 0.3) is 11.2 Å². The molecular weight excluding hydrogens is 464 g/mol. The van der Waals surface area contributed by atoms with Crippen molar-refractivity contribution >= 4 is 34.7 Å². The number of non-ortho nitro benzene ring substituents is 1. The number of nitrogens with one attached hydrogen (secondary N) is 2. The van der Waals surface area contributed by atoms with Gasteiger partial charge in [-0.25, -0.2) is 14.8 Å². The highest BCUT2D eigenvalue weighted by molar-refractivity contribution is 5.93. The first-order valence-electron chi connectivity index (χ1n) is 9.99. The summed E-state index contributed by atoms with van der Waals surface area (Å²) in [7, 11) is 2.92. The Morgan fingerprint density at radius 2 is 1.86 bits per heavy atom. The number of carboxylic acid groups (broad SMARTS) is 1. The van der Waals surface area contributed by atoms with E-state index < -0.39 is 28.2 Å². The fourth-order valence-corrected chi connectivity index (χ4v) is 2.49. The van der Waals surface area contributed by atoms with E-state index in [-0.39, 0.29) is 34.3 Å². The maximum Gasteiger partial charge on any atom is 0.335 e. The maximum absolute atomic E-state index is 12.0. The zero-order valence-electron chi connectivity index (χ0n) is 19.6. The number of benzene rings is 1. The SMILES string of the molecule is COC(OC)c1cnc2c(=O)[nH]c(NC(=O)C(C)(C)C)nc2n1.O=C(O)c1cccc([N+](=O)[O-])c1. The minimum atomic E-state index is -1.17. The summed E-state index contributed by atoms with van der Waals surface area (Å²) in [5, 5.41) is 21.2. The van der Waals surface area contributed by atoms with Crippen LogP contribution < -0.4 is 10.9 Å². The summed E-state index contributed by atoms with van der Waals surface area (Å²) in [5.74, 6) is -1.44. The molecule has 0 aliphatic carbocycles. The highest BCUT2D eigenvalue weighted by atomic mass is 16.7. The highest BCUT2D eigenvalue weighted by Gasteiger charge is 2.22. The molecular formula is C21H24N6O8. The molecule has 2 heterocycles. The summed E-state index contributed by atoms with van der Waals surface area (Å²) in [6.45, 7) is 5.25. The van der Waals surface area contributed by atoms with Gasteiger partial charge in [-0.3, -0.25) is 30.0 Å². The van der Waals surface area contributed by atoms with Gasteiger partial charge in [0.05, 0.1) is 16.7 Å². The van der Waals surface area contributed by atoms with Crippen LogP contribution in [0, 0.1) is 15.5 Å². The van der Waals surface area contributed by atoms with Crippen molar-refractivity contribution in [1.82, 2.24) is 19.9 Å². The summed E-state index contributed by atoms with van der Waals surface area (Å²) in [5.41, 5.74) is -0.890. The van der Waals surface area contributed by atoms with Gasteiger partial charge in [0.1, 0.15) is 5.69 Å².